The van der Waals surface area contributed by atoms with Gasteiger partial charge in [-0.15, -0.1) is 0 Å². The van der Waals surface area contributed by atoms with Crippen LogP contribution in [0.3, 0.4) is 0 Å². The summed E-state index contributed by atoms with van der Waals surface area (Å²) in [5, 5.41) is 3.01. The summed E-state index contributed by atoms with van der Waals surface area (Å²) >= 11 is 1.41. The number of carbonyl (C=O) groups is 1. The predicted octanol–water partition coefficient (Wildman–Crippen LogP) is 5.24. The number of rotatable bonds is 3. The molecule has 0 bridgehead atoms. The lowest BCUT2D eigenvalue weighted by molar-refractivity contribution is 0.102. The van der Waals surface area contributed by atoms with Crippen LogP contribution in [0.5, 0.6) is 0 Å². The first kappa shape index (κ1) is 16.5. The fourth-order valence-electron chi connectivity index (χ4n) is 3.14. The van der Waals surface area contributed by atoms with Gasteiger partial charge in [0.15, 0.2) is 4.96 Å². The number of anilines is 1. The van der Waals surface area contributed by atoms with Crippen LogP contribution in [0, 0.1) is 20.8 Å². The lowest BCUT2D eigenvalue weighted by atomic mass is 10.1. The van der Waals surface area contributed by atoms with E-state index in [4.69, 9.17) is 0 Å². The van der Waals surface area contributed by atoms with Gasteiger partial charge in [0.05, 0.1) is 5.69 Å². The third-order valence-corrected chi connectivity index (χ3v) is 5.47. The van der Waals surface area contributed by atoms with Gasteiger partial charge in [-0.25, -0.2) is 4.98 Å². The Labute approximate surface area is 156 Å². The van der Waals surface area contributed by atoms with Gasteiger partial charge in [0.2, 0.25) is 0 Å². The van der Waals surface area contributed by atoms with Crippen LogP contribution < -0.4 is 5.32 Å². The van der Waals surface area contributed by atoms with Gasteiger partial charge in [0.1, 0.15) is 4.88 Å². The van der Waals surface area contributed by atoms with E-state index in [1.165, 1.54) is 11.3 Å². The first-order valence-electron chi connectivity index (χ1n) is 8.45. The molecule has 1 N–H and O–H groups in total. The van der Waals surface area contributed by atoms with E-state index in [0.29, 0.717) is 4.88 Å². The molecule has 0 spiro atoms. The van der Waals surface area contributed by atoms with Gasteiger partial charge in [0, 0.05) is 23.1 Å². The highest BCUT2D eigenvalue weighted by Gasteiger charge is 2.18. The maximum atomic E-state index is 12.7. The third kappa shape index (κ3) is 3.02. The van der Waals surface area contributed by atoms with Crippen LogP contribution in [-0.4, -0.2) is 15.3 Å². The van der Waals surface area contributed by atoms with Gasteiger partial charge in [-0.3, -0.25) is 9.20 Å². The molecular formula is C21H19N3OS. The number of nitrogens with one attached hydrogen (secondary N) is 1. The van der Waals surface area contributed by atoms with E-state index in [0.717, 1.165) is 38.7 Å². The number of aromatic nitrogens is 2. The molecule has 4 nitrogen and oxygen atoms in total. The number of nitrogens with zero attached hydrogens (tertiary/aromatic N) is 2. The topological polar surface area (TPSA) is 46.4 Å². The molecule has 0 aliphatic heterocycles. The SMILES string of the molecule is Cc1cc(C)cc(NC(=O)c2sc3nc(-c4ccccc4)cn3c2C)c1. The molecule has 2 heterocycles. The van der Waals surface area contributed by atoms with E-state index in [-0.39, 0.29) is 5.91 Å². The quantitative estimate of drug-likeness (QED) is 0.542. The molecular weight excluding hydrogens is 342 g/mol. The van der Waals surface area contributed by atoms with Crippen molar-refractivity contribution in [3.05, 3.63) is 76.4 Å². The van der Waals surface area contributed by atoms with E-state index < -0.39 is 0 Å². The number of aryl methyl sites for hydroxylation is 3. The second kappa shape index (κ2) is 6.42. The maximum Gasteiger partial charge on any atom is 0.267 e. The van der Waals surface area contributed by atoms with Crippen LogP contribution in [0.25, 0.3) is 16.2 Å². The molecule has 0 aliphatic rings. The molecule has 5 heteroatoms. The zero-order valence-corrected chi connectivity index (χ0v) is 15.7. The van der Waals surface area contributed by atoms with Crippen molar-refractivity contribution in [1.82, 2.24) is 9.38 Å². The van der Waals surface area contributed by atoms with Gasteiger partial charge in [0.25, 0.3) is 5.91 Å². The standard InChI is InChI=1S/C21H19N3OS/c1-13-9-14(2)11-17(10-13)22-20(25)19-15(3)24-12-18(23-21(24)26-19)16-7-5-4-6-8-16/h4-12H,1-3H3,(H,22,25). The Morgan fingerprint density at radius 2 is 1.73 bits per heavy atom. The lowest BCUT2D eigenvalue weighted by Gasteiger charge is -2.07. The highest BCUT2D eigenvalue weighted by molar-refractivity contribution is 7.19. The minimum atomic E-state index is -0.0933. The molecule has 2 aromatic carbocycles. The third-order valence-electron chi connectivity index (χ3n) is 4.31. The molecule has 130 valence electrons. The van der Waals surface area contributed by atoms with Crippen LogP contribution in [0.15, 0.2) is 54.7 Å². The van der Waals surface area contributed by atoms with E-state index in [1.807, 2.05) is 73.8 Å². The molecule has 4 rings (SSSR count). The Hall–Kier alpha value is -2.92. The summed E-state index contributed by atoms with van der Waals surface area (Å²) in [7, 11) is 0. The first-order valence-corrected chi connectivity index (χ1v) is 9.26. The molecule has 0 fully saturated rings. The second-order valence-corrected chi connectivity index (χ2v) is 7.47. The largest absolute Gasteiger partial charge is 0.321 e. The van der Waals surface area contributed by atoms with E-state index in [2.05, 4.69) is 16.4 Å². The van der Waals surface area contributed by atoms with Crippen LogP contribution in [0.4, 0.5) is 5.69 Å². The van der Waals surface area contributed by atoms with Crippen LogP contribution >= 0.6 is 11.3 Å². The molecule has 4 aromatic rings. The summed E-state index contributed by atoms with van der Waals surface area (Å²) in [5.41, 5.74) is 5.98. The van der Waals surface area contributed by atoms with Gasteiger partial charge >= 0.3 is 0 Å². The summed E-state index contributed by atoms with van der Waals surface area (Å²) < 4.78 is 1.99. The predicted molar refractivity (Wildman–Crippen MR) is 107 cm³/mol. The van der Waals surface area contributed by atoms with Crippen molar-refractivity contribution in [3.63, 3.8) is 0 Å². The molecule has 2 aromatic heterocycles. The summed E-state index contributed by atoms with van der Waals surface area (Å²) in [4.78, 5) is 18.9. The van der Waals surface area contributed by atoms with Crippen molar-refractivity contribution in [2.45, 2.75) is 20.8 Å². The Morgan fingerprint density at radius 3 is 2.38 bits per heavy atom. The first-order chi connectivity index (χ1) is 12.5. The number of imidazole rings is 1. The normalized spacial score (nSPS) is 11.0. The van der Waals surface area contributed by atoms with Crippen molar-refractivity contribution in [1.29, 1.82) is 0 Å². The molecule has 0 saturated heterocycles. The number of amides is 1. The number of hydrogen-bond acceptors (Lipinski definition) is 3. The van der Waals surface area contributed by atoms with E-state index in [9.17, 15) is 4.79 Å². The Balaban J connectivity index is 1.65. The van der Waals surface area contributed by atoms with Crippen molar-refractivity contribution >= 4 is 27.9 Å². The van der Waals surface area contributed by atoms with Gasteiger partial charge in [-0.2, -0.15) is 0 Å². The summed E-state index contributed by atoms with van der Waals surface area (Å²) in [5.74, 6) is -0.0933. The minimum Gasteiger partial charge on any atom is -0.321 e. The van der Waals surface area contributed by atoms with Crippen LogP contribution in [0.1, 0.15) is 26.5 Å². The van der Waals surface area contributed by atoms with E-state index in [1.54, 1.807) is 0 Å². The monoisotopic (exact) mass is 361 g/mol. The van der Waals surface area contributed by atoms with E-state index >= 15 is 0 Å². The van der Waals surface area contributed by atoms with Crippen molar-refractivity contribution in [2.24, 2.45) is 0 Å². The second-order valence-electron chi connectivity index (χ2n) is 6.49. The van der Waals surface area contributed by atoms with Gasteiger partial charge in [-0.05, 0) is 44.0 Å². The van der Waals surface area contributed by atoms with Crippen molar-refractivity contribution in [2.75, 3.05) is 5.32 Å². The summed E-state index contributed by atoms with van der Waals surface area (Å²) in [6.45, 7) is 6.01. The summed E-state index contributed by atoms with van der Waals surface area (Å²) in [6, 6.07) is 16.1. The Bertz CT molecular complexity index is 1090. The molecule has 0 saturated carbocycles. The number of fused-ring (bicyclic) bond motifs is 1. The molecule has 0 atom stereocenters. The average molecular weight is 361 g/mol. The minimum absolute atomic E-state index is 0.0933. The van der Waals surface area contributed by atoms with Crippen molar-refractivity contribution in [3.8, 4) is 11.3 Å². The average Bonchev–Trinajstić information content (AvgIpc) is 3.14. The van der Waals surface area contributed by atoms with Crippen LogP contribution in [0.2, 0.25) is 0 Å². The molecule has 26 heavy (non-hydrogen) atoms. The lowest BCUT2D eigenvalue weighted by Crippen LogP contribution is -2.12. The highest BCUT2D eigenvalue weighted by atomic mass is 32.1. The highest BCUT2D eigenvalue weighted by Crippen LogP contribution is 2.28. The zero-order chi connectivity index (χ0) is 18.3. The number of carbonyl (C=O) groups excluding carboxylic acids is 1. The summed E-state index contributed by atoms with van der Waals surface area (Å²) in [6.07, 6.45) is 1.99. The maximum absolute atomic E-state index is 12.7. The van der Waals surface area contributed by atoms with Gasteiger partial charge < -0.3 is 5.32 Å². The fourth-order valence-corrected chi connectivity index (χ4v) is 4.15. The van der Waals surface area contributed by atoms with Crippen molar-refractivity contribution < 1.29 is 4.79 Å². The smallest absolute Gasteiger partial charge is 0.267 e. The van der Waals surface area contributed by atoms with Crippen LogP contribution in [-0.2, 0) is 0 Å². The number of thiazole rings is 1. The molecule has 1 amide bonds. The van der Waals surface area contributed by atoms with Gasteiger partial charge in [-0.1, -0.05) is 47.7 Å². The molecule has 0 aliphatic carbocycles. The Morgan fingerprint density at radius 1 is 1.04 bits per heavy atom. The Kier molecular flexibility index (Phi) is 4.09. The molecule has 0 radical (unpaired) electrons. The zero-order valence-electron chi connectivity index (χ0n) is 14.9. The molecule has 0 unspecified atom stereocenters. The number of benzene rings is 2. The fraction of sp³-hybridized carbons (Fsp3) is 0.143. The number of hydrogen-bond donors (Lipinski definition) is 1.